The molecule has 0 aliphatic heterocycles. The predicted molar refractivity (Wildman–Crippen MR) is 73.8 cm³/mol. The molecule has 2 rings (SSSR count). The fourth-order valence-corrected chi connectivity index (χ4v) is 1.73. The lowest BCUT2D eigenvalue weighted by molar-refractivity contribution is 1.14. The average molecular weight is 223 g/mol. The number of allylic oxidation sites excluding steroid dienone is 1. The molecule has 86 valence electrons. The van der Waals surface area contributed by atoms with Gasteiger partial charge in [0.1, 0.15) is 0 Å². The summed E-state index contributed by atoms with van der Waals surface area (Å²) in [6.07, 6.45) is 2.95. The van der Waals surface area contributed by atoms with E-state index in [1.165, 1.54) is 5.56 Å². The Labute approximate surface area is 103 Å². The maximum atomic E-state index is 4.46. The third-order valence-corrected chi connectivity index (χ3v) is 2.91. The van der Waals surface area contributed by atoms with Crippen molar-refractivity contribution < 1.29 is 0 Å². The first-order valence-corrected chi connectivity index (χ1v) is 5.92. The number of pyridine rings is 1. The molecule has 0 fully saturated rings. The molecule has 0 spiro atoms. The van der Waals surface area contributed by atoms with Crippen LogP contribution in [0.15, 0.2) is 49.2 Å². The van der Waals surface area contributed by atoms with E-state index in [4.69, 9.17) is 0 Å². The minimum absolute atomic E-state index is 1.01. The third kappa shape index (κ3) is 2.62. The van der Waals surface area contributed by atoms with Gasteiger partial charge in [0.25, 0.3) is 0 Å². The van der Waals surface area contributed by atoms with Crippen molar-refractivity contribution in [3.8, 4) is 11.3 Å². The normalized spacial score (nSPS) is 10.2. The molecule has 0 saturated heterocycles. The Balaban J connectivity index is 2.29. The van der Waals surface area contributed by atoms with Gasteiger partial charge in [0.05, 0.1) is 5.69 Å². The van der Waals surface area contributed by atoms with Gasteiger partial charge in [0, 0.05) is 11.8 Å². The second kappa shape index (κ2) is 4.96. The van der Waals surface area contributed by atoms with E-state index in [0.717, 1.165) is 28.8 Å². The second-order valence-corrected chi connectivity index (χ2v) is 4.26. The highest BCUT2D eigenvalue weighted by Gasteiger charge is 2.00. The highest BCUT2D eigenvalue weighted by Crippen LogP contribution is 2.19. The average Bonchev–Trinajstić information content (AvgIpc) is 2.39. The molecule has 0 bridgehead atoms. The molecule has 1 aromatic carbocycles. The lowest BCUT2D eigenvalue weighted by Crippen LogP contribution is -1.86. The minimum atomic E-state index is 1.01. The summed E-state index contributed by atoms with van der Waals surface area (Å²) in [6.45, 7) is 8.06. The van der Waals surface area contributed by atoms with Crippen LogP contribution < -0.4 is 0 Å². The molecule has 0 radical (unpaired) electrons. The number of hydrogen-bond donors (Lipinski definition) is 0. The van der Waals surface area contributed by atoms with E-state index in [2.05, 4.69) is 48.8 Å². The highest BCUT2D eigenvalue weighted by molar-refractivity contribution is 5.65. The number of nitrogens with zero attached hydrogens (tertiary/aromatic N) is 1. The van der Waals surface area contributed by atoms with Crippen LogP contribution >= 0.6 is 0 Å². The summed E-state index contributed by atoms with van der Waals surface area (Å²) >= 11 is 0. The second-order valence-electron chi connectivity index (χ2n) is 4.26. The zero-order valence-corrected chi connectivity index (χ0v) is 10.4. The number of aromatic nitrogens is 1. The van der Waals surface area contributed by atoms with Crippen LogP contribution in [-0.2, 0) is 6.42 Å². The number of benzene rings is 1. The van der Waals surface area contributed by atoms with Crippen molar-refractivity contribution in [1.29, 1.82) is 0 Å². The standard InChI is InChI=1S/C16H17N/c1-4-13-5-7-14(8-6-13)16-10-9-15(11-17-16)12(2)3/h5-11H,2,4H2,1,3H3. The van der Waals surface area contributed by atoms with Gasteiger partial charge < -0.3 is 0 Å². The van der Waals surface area contributed by atoms with Crippen LogP contribution in [0.3, 0.4) is 0 Å². The van der Waals surface area contributed by atoms with Gasteiger partial charge in [-0.05, 0) is 36.1 Å². The molecule has 1 nitrogen and oxygen atoms in total. The summed E-state index contributed by atoms with van der Waals surface area (Å²) in [5, 5.41) is 0. The molecule has 1 heteroatoms. The molecule has 0 aliphatic rings. The fourth-order valence-electron chi connectivity index (χ4n) is 1.73. The van der Waals surface area contributed by atoms with Crippen LogP contribution in [0.2, 0.25) is 0 Å². The molecule has 0 aliphatic carbocycles. The van der Waals surface area contributed by atoms with Crippen molar-refractivity contribution in [2.45, 2.75) is 20.3 Å². The van der Waals surface area contributed by atoms with Gasteiger partial charge >= 0.3 is 0 Å². The summed E-state index contributed by atoms with van der Waals surface area (Å²) in [5.74, 6) is 0. The van der Waals surface area contributed by atoms with E-state index in [0.29, 0.717) is 0 Å². The van der Waals surface area contributed by atoms with E-state index < -0.39 is 0 Å². The molecule has 0 amide bonds. The van der Waals surface area contributed by atoms with Crippen LogP contribution in [0.4, 0.5) is 0 Å². The maximum Gasteiger partial charge on any atom is 0.0702 e. The first kappa shape index (κ1) is 11.6. The van der Waals surface area contributed by atoms with E-state index >= 15 is 0 Å². The van der Waals surface area contributed by atoms with Crippen LogP contribution in [0.5, 0.6) is 0 Å². The molecule has 1 heterocycles. The molecule has 0 unspecified atom stereocenters. The van der Waals surface area contributed by atoms with Crippen LogP contribution in [0.25, 0.3) is 16.8 Å². The Morgan fingerprint density at radius 3 is 2.29 bits per heavy atom. The van der Waals surface area contributed by atoms with Gasteiger partial charge in [-0.15, -0.1) is 0 Å². The lowest BCUT2D eigenvalue weighted by atomic mass is 10.1. The third-order valence-electron chi connectivity index (χ3n) is 2.91. The zero-order valence-electron chi connectivity index (χ0n) is 10.4. The molecular formula is C16H17N. The van der Waals surface area contributed by atoms with Gasteiger partial charge in [-0.3, -0.25) is 4.98 Å². The van der Waals surface area contributed by atoms with Crippen LogP contribution in [0, 0.1) is 0 Å². The summed E-state index contributed by atoms with van der Waals surface area (Å²) < 4.78 is 0. The van der Waals surface area contributed by atoms with Gasteiger partial charge in [0.15, 0.2) is 0 Å². The molecule has 0 atom stereocenters. The van der Waals surface area contributed by atoms with Crippen molar-refractivity contribution in [2.75, 3.05) is 0 Å². The molecule has 1 aromatic heterocycles. The Morgan fingerprint density at radius 1 is 1.12 bits per heavy atom. The van der Waals surface area contributed by atoms with E-state index in [-0.39, 0.29) is 0 Å². The quantitative estimate of drug-likeness (QED) is 0.754. The predicted octanol–water partition coefficient (Wildman–Crippen LogP) is 4.34. The van der Waals surface area contributed by atoms with Crippen molar-refractivity contribution >= 4 is 5.57 Å². The van der Waals surface area contributed by atoms with Gasteiger partial charge in [-0.25, -0.2) is 0 Å². The highest BCUT2D eigenvalue weighted by atomic mass is 14.7. The SMILES string of the molecule is C=C(C)c1ccc(-c2ccc(CC)cc2)nc1. The van der Waals surface area contributed by atoms with Crippen LogP contribution in [-0.4, -0.2) is 4.98 Å². The molecule has 0 N–H and O–H groups in total. The van der Waals surface area contributed by atoms with Crippen molar-refractivity contribution in [2.24, 2.45) is 0 Å². The topological polar surface area (TPSA) is 12.9 Å². The molecule has 0 saturated carbocycles. The summed E-state index contributed by atoms with van der Waals surface area (Å²) in [7, 11) is 0. The fraction of sp³-hybridized carbons (Fsp3) is 0.188. The molecule has 2 aromatic rings. The Bertz CT molecular complexity index is 506. The number of rotatable bonds is 3. The Hall–Kier alpha value is -1.89. The maximum absolute atomic E-state index is 4.46. The Kier molecular flexibility index (Phi) is 3.38. The van der Waals surface area contributed by atoms with E-state index in [1.807, 2.05) is 19.2 Å². The Morgan fingerprint density at radius 2 is 1.82 bits per heavy atom. The smallest absolute Gasteiger partial charge is 0.0702 e. The van der Waals surface area contributed by atoms with Gasteiger partial charge in [-0.1, -0.05) is 43.8 Å². The van der Waals surface area contributed by atoms with E-state index in [9.17, 15) is 0 Å². The van der Waals surface area contributed by atoms with Crippen molar-refractivity contribution in [3.05, 3.63) is 60.3 Å². The van der Waals surface area contributed by atoms with Gasteiger partial charge in [0.2, 0.25) is 0 Å². The van der Waals surface area contributed by atoms with Crippen LogP contribution in [0.1, 0.15) is 25.0 Å². The first-order chi connectivity index (χ1) is 8.20. The van der Waals surface area contributed by atoms with E-state index in [1.54, 1.807) is 0 Å². The summed E-state index contributed by atoms with van der Waals surface area (Å²) in [6, 6.07) is 12.7. The minimum Gasteiger partial charge on any atom is -0.256 e. The monoisotopic (exact) mass is 223 g/mol. The number of aryl methyl sites for hydroxylation is 1. The largest absolute Gasteiger partial charge is 0.256 e. The summed E-state index contributed by atoms with van der Waals surface area (Å²) in [5.41, 5.74) is 5.67. The first-order valence-electron chi connectivity index (χ1n) is 5.92. The number of hydrogen-bond acceptors (Lipinski definition) is 1. The van der Waals surface area contributed by atoms with Crippen molar-refractivity contribution in [1.82, 2.24) is 4.98 Å². The lowest BCUT2D eigenvalue weighted by Gasteiger charge is -2.04. The zero-order chi connectivity index (χ0) is 12.3. The molecule has 17 heavy (non-hydrogen) atoms. The summed E-state index contributed by atoms with van der Waals surface area (Å²) in [4.78, 5) is 4.46. The van der Waals surface area contributed by atoms with Gasteiger partial charge in [-0.2, -0.15) is 0 Å². The molecular weight excluding hydrogens is 206 g/mol. The van der Waals surface area contributed by atoms with Crippen molar-refractivity contribution in [3.63, 3.8) is 0 Å².